The van der Waals surface area contributed by atoms with Gasteiger partial charge in [0.05, 0.1) is 4.92 Å². The molecule has 0 aliphatic rings. The molecule has 0 atom stereocenters. The van der Waals surface area contributed by atoms with E-state index in [0.29, 0.717) is 28.7 Å². The van der Waals surface area contributed by atoms with Crippen LogP contribution in [-0.2, 0) is 0 Å². The number of rotatable bonds is 4. The maximum Gasteiger partial charge on any atom is 0.296 e. The Labute approximate surface area is 95.3 Å². The molecule has 0 aliphatic carbocycles. The third-order valence-electron chi connectivity index (χ3n) is 1.81. The first-order valence-corrected chi connectivity index (χ1v) is 5.03. The van der Waals surface area contributed by atoms with E-state index in [1.165, 1.54) is 12.3 Å². The van der Waals surface area contributed by atoms with E-state index in [4.69, 9.17) is 5.73 Å². The summed E-state index contributed by atoms with van der Waals surface area (Å²) in [6.07, 6.45) is 2.00. The third-order valence-corrected chi connectivity index (χ3v) is 2.25. The van der Waals surface area contributed by atoms with Crippen molar-refractivity contribution in [1.82, 2.24) is 4.98 Å². The topological polar surface area (TPSA) is 82.0 Å². The molecule has 6 heteroatoms. The van der Waals surface area contributed by atoms with E-state index >= 15 is 0 Å². The zero-order valence-electron chi connectivity index (χ0n) is 7.94. The van der Waals surface area contributed by atoms with Gasteiger partial charge >= 0.3 is 0 Å². The van der Waals surface area contributed by atoms with Gasteiger partial charge < -0.3 is 5.73 Å². The lowest BCUT2D eigenvalue weighted by atomic mass is 10.1. The number of nitro groups is 1. The van der Waals surface area contributed by atoms with Crippen LogP contribution in [0.15, 0.2) is 23.3 Å². The molecular formula is C9H10BrN3O2. The van der Waals surface area contributed by atoms with Gasteiger partial charge in [0.2, 0.25) is 0 Å². The van der Waals surface area contributed by atoms with Crippen LogP contribution >= 0.6 is 15.9 Å². The molecule has 1 aromatic rings. The minimum absolute atomic E-state index is 0.0529. The Bertz CT molecular complexity index is 406. The molecule has 0 radical (unpaired) electrons. The summed E-state index contributed by atoms with van der Waals surface area (Å²) in [7, 11) is 0. The Hall–Kier alpha value is -1.27. The molecule has 0 aromatic carbocycles. The van der Waals surface area contributed by atoms with Gasteiger partial charge in [0.15, 0.2) is 0 Å². The third kappa shape index (κ3) is 2.84. The minimum Gasteiger partial charge on any atom is -0.330 e. The Balaban J connectivity index is 3.17. The second-order valence-electron chi connectivity index (χ2n) is 2.92. The molecule has 0 saturated carbocycles. The van der Waals surface area contributed by atoms with Gasteiger partial charge in [0.25, 0.3) is 5.69 Å². The largest absolute Gasteiger partial charge is 0.330 e. The van der Waals surface area contributed by atoms with E-state index in [9.17, 15) is 10.1 Å². The predicted octanol–water partition coefficient (Wildman–Crippen LogP) is 2.11. The van der Waals surface area contributed by atoms with Gasteiger partial charge in [-0.15, -0.1) is 0 Å². The molecule has 80 valence electrons. The first-order valence-electron chi connectivity index (χ1n) is 4.24. The predicted molar refractivity (Wildman–Crippen MR) is 61.3 cm³/mol. The fourth-order valence-corrected chi connectivity index (χ4v) is 1.45. The van der Waals surface area contributed by atoms with Crippen molar-refractivity contribution in [2.45, 2.75) is 6.42 Å². The van der Waals surface area contributed by atoms with Gasteiger partial charge in [-0.25, -0.2) is 4.98 Å². The maximum absolute atomic E-state index is 10.8. The highest BCUT2D eigenvalue weighted by atomic mass is 79.9. The highest BCUT2D eigenvalue weighted by Crippen LogP contribution is 2.27. The first kappa shape index (κ1) is 11.8. The Morgan fingerprint density at radius 2 is 2.40 bits per heavy atom. The molecular weight excluding hydrogens is 262 g/mol. The van der Waals surface area contributed by atoms with Crippen LogP contribution in [0, 0.1) is 10.1 Å². The SMILES string of the molecule is C=C(CCN)c1ncc(Br)cc1[N+](=O)[O-]. The van der Waals surface area contributed by atoms with E-state index in [0.717, 1.165) is 0 Å². The Kier molecular flexibility index (Phi) is 3.93. The average Bonchev–Trinajstić information content (AvgIpc) is 2.17. The summed E-state index contributed by atoms with van der Waals surface area (Å²) >= 11 is 3.13. The first-order chi connectivity index (χ1) is 7.06. The fourth-order valence-electron chi connectivity index (χ4n) is 1.13. The van der Waals surface area contributed by atoms with Gasteiger partial charge in [0.1, 0.15) is 5.69 Å². The van der Waals surface area contributed by atoms with Crippen molar-refractivity contribution in [2.75, 3.05) is 6.54 Å². The molecule has 0 unspecified atom stereocenters. The van der Waals surface area contributed by atoms with Crippen LogP contribution < -0.4 is 5.73 Å². The molecule has 0 saturated heterocycles. The van der Waals surface area contributed by atoms with Gasteiger partial charge in [-0.05, 0) is 34.5 Å². The quantitative estimate of drug-likeness (QED) is 0.672. The van der Waals surface area contributed by atoms with Crippen LogP contribution in [0.3, 0.4) is 0 Å². The number of hydrogen-bond acceptors (Lipinski definition) is 4. The number of halogens is 1. The van der Waals surface area contributed by atoms with E-state index < -0.39 is 4.92 Å². The molecule has 1 rings (SSSR count). The van der Waals surface area contributed by atoms with Crippen molar-refractivity contribution in [3.8, 4) is 0 Å². The van der Waals surface area contributed by atoms with Gasteiger partial charge in [-0.2, -0.15) is 0 Å². The lowest BCUT2D eigenvalue weighted by Gasteiger charge is -2.04. The summed E-state index contributed by atoms with van der Waals surface area (Å²) in [5, 5.41) is 10.8. The summed E-state index contributed by atoms with van der Waals surface area (Å²) in [5.74, 6) is 0. The monoisotopic (exact) mass is 271 g/mol. The van der Waals surface area contributed by atoms with E-state index in [1.54, 1.807) is 0 Å². The minimum atomic E-state index is -0.477. The van der Waals surface area contributed by atoms with Crippen LogP contribution in [0.2, 0.25) is 0 Å². The van der Waals surface area contributed by atoms with Crippen molar-refractivity contribution in [3.63, 3.8) is 0 Å². The standard InChI is InChI=1S/C9H10BrN3O2/c1-6(2-3-11)9-8(13(14)15)4-7(10)5-12-9/h4-5H,1-3,11H2. The zero-order chi connectivity index (χ0) is 11.4. The van der Waals surface area contributed by atoms with Crippen molar-refractivity contribution >= 4 is 27.2 Å². The van der Waals surface area contributed by atoms with Crippen molar-refractivity contribution in [2.24, 2.45) is 5.73 Å². The lowest BCUT2D eigenvalue weighted by molar-refractivity contribution is -0.385. The molecule has 0 spiro atoms. The van der Waals surface area contributed by atoms with Crippen molar-refractivity contribution in [1.29, 1.82) is 0 Å². The maximum atomic E-state index is 10.8. The van der Waals surface area contributed by atoms with Crippen LogP contribution in [0.5, 0.6) is 0 Å². The van der Waals surface area contributed by atoms with Crippen LogP contribution in [0.25, 0.3) is 5.57 Å². The molecule has 0 amide bonds. The number of pyridine rings is 1. The Morgan fingerprint density at radius 3 is 2.93 bits per heavy atom. The van der Waals surface area contributed by atoms with Gasteiger partial charge in [-0.1, -0.05) is 6.58 Å². The number of nitrogens with two attached hydrogens (primary N) is 1. The van der Waals surface area contributed by atoms with Crippen molar-refractivity contribution < 1.29 is 4.92 Å². The van der Waals surface area contributed by atoms with Crippen molar-refractivity contribution in [3.05, 3.63) is 39.1 Å². The van der Waals surface area contributed by atoms with Crippen LogP contribution in [-0.4, -0.2) is 16.5 Å². The lowest BCUT2D eigenvalue weighted by Crippen LogP contribution is -2.03. The molecule has 0 aliphatic heterocycles. The number of nitrogens with zero attached hydrogens (tertiary/aromatic N) is 2. The summed E-state index contributed by atoms with van der Waals surface area (Å²) in [5.41, 5.74) is 6.18. The van der Waals surface area contributed by atoms with Gasteiger partial charge in [-0.3, -0.25) is 10.1 Å². The highest BCUT2D eigenvalue weighted by Gasteiger charge is 2.17. The zero-order valence-corrected chi connectivity index (χ0v) is 9.53. The molecule has 1 aromatic heterocycles. The summed E-state index contributed by atoms with van der Waals surface area (Å²) in [4.78, 5) is 14.3. The summed E-state index contributed by atoms with van der Waals surface area (Å²) in [6, 6.07) is 1.41. The molecule has 0 bridgehead atoms. The fraction of sp³-hybridized carbons (Fsp3) is 0.222. The normalized spacial score (nSPS) is 10.0. The van der Waals surface area contributed by atoms with E-state index in [-0.39, 0.29) is 5.69 Å². The smallest absolute Gasteiger partial charge is 0.296 e. The summed E-state index contributed by atoms with van der Waals surface area (Å²) in [6.45, 7) is 4.12. The number of hydrogen-bond donors (Lipinski definition) is 1. The van der Waals surface area contributed by atoms with Crippen LogP contribution in [0.1, 0.15) is 12.1 Å². The molecule has 1 heterocycles. The second-order valence-corrected chi connectivity index (χ2v) is 3.84. The summed E-state index contributed by atoms with van der Waals surface area (Å²) < 4.78 is 0.568. The molecule has 5 nitrogen and oxygen atoms in total. The van der Waals surface area contributed by atoms with Crippen LogP contribution in [0.4, 0.5) is 5.69 Å². The molecule has 0 fully saturated rings. The average molecular weight is 272 g/mol. The molecule has 15 heavy (non-hydrogen) atoms. The molecule has 2 N–H and O–H groups in total. The Morgan fingerprint density at radius 1 is 1.73 bits per heavy atom. The van der Waals surface area contributed by atoms with E-state index in [1.807, 2.05) is 0 Å². The van der Waals surface area contributed by atoms with E-state index in [2.05, 4.69) is 27.5 Å². The second kappa shape index (κ2) is 4.99. The number of aromatic nitrogens is 1. The van der Waals surface area contributed by atoms with Gasteiger partial charge in [0, 0.05) is 16.7 Å². The highest BCUT2D eigenvalue weighted by molar-refractivity contribution is 9.10.